The number of carboxylic acids is 1. The molecule has 7 nitrogen and oxygen atoms in total. The van der Waals surface area contributed by atoms with Crippen molar-refractivity contribution in [3.05, 3.63) is 59.7 Å². The highest BCUT2D eigenvalue weighted by Crippen LogP contribution is 2.15. The average Bonchev–Trinajstić information content (AvgIpc) is 2.66. The van der Waals surface area contributed by atoms with Crippen LogP contribution in [0.2, 0.25) is 0 Å². The van der Waals surface area contributed by atoms with Gasteiger partial charge in [0.2, 0.25) is 5.91 Å². The number of carbonyl (C=O) groups excluding carboxylic acids is 1. The summed E-state index contributed by atoms with van der Waals surface area (Å²) in [5, 5.41) is 20.7. The Morgan fingerprint density at radius 1 is 1.15 bits per heavy atom. The standard InChI is InChI=1S/C19H20N4O3/c20-10-14-11-21-17(22-12-14)8-4-5-9-18(24)23-13-16(19(25)26)15-6-2-1-3-7-15/h1-3,6-7,11-12,16H,4-5,8-9,13H2,(H,23,24)(H,25,26). The Kier molecular flexibility index (Phi) is 7.25. The number of rotatable bonds is 9. The second-order valence-electron chi connectivity index (χ2n) is 5.81. The number of carbonyl (C=O) groups is 2. The molecule has 0 bridgehead atoms. The average molecular weight is 352 g/mol. The first-order valence-corrected chi connectivity index (χ1v) is 8.35. The molecule has 26 heavy (non-hydrogen) atoms. The zero-order valence-electron chi connectivity index (χ0n) is 14.3. The molecule has 0 spiro atoms. The number of aryl methyl sites for hydroxylation is 1. The number of amides is 1. The fraction of sp³-hybridized carbons (Fsp3) is 0.316. The van der Waals surface area contributed by atoms with Crippen molar-refractivity contribution in [1.82, 2.24) is 15.3 Å². The maximum atomic E-state index is 11.9. The van der Waals surface area contributed by atoms with E-state index in [0.717, 1.165) is 6.42 Å². The summed E-state index contributed by atoms with van der Waals surface area (Å²) in [7, 11) is 0. The van der Waals surface area contributed by atoms with Crippen molar-refractivity contribution in [2.24, 2.45) is 0 Å². The highest BCUT2D eigenvalue weighted by atomic mass is 16.4. The normalized spacial score (nSPS) is 11.3. The smallest absolute Gasteiger partial charge is 0.312 e. The first kappa shape index (κ1) is 19.1. The molecular weight excluding hydrogens is 332 g/mol. The molecule has 1 unspecified atom stereocenters. The Morgan fingerprint density at radius 2 is 1.85 bits per heavy atom. The van der Waals surface area contributed by atoms with Crippen LogP contribution in [0.15, 0.2) is 42.7 Å². The van der Waals surface area contributed by atoms with Crippen molar-refractivity contribution in [1.29, 1.82) is 5.26 Å². The zero-order valence-corrected chi connectivity index (χ0v) is 14.3. The molecule has 0 aliphatic carbocycles. The van der Waals surface area contributed by atoms with Crippen molar-refractivity contribution >= 4 is 11.9 Å². The predicted molar refractivity (Wildman–Crippen MR) is 94.1 cm³/mol. The molecule has 2 aromatic rings. The van der Waals surface area contributed by atoms with Crippen LogP contribution in [-0.4, -0.2) is 33.5 Å². The minimum Gasteiger partial charge on any atom is -0.481 e. The summed E-state index contributed by atoms with van der Waals surface area (Å²) in [4.78, 5) is 31.5. The third kappa shape index (κ3) is 5.98. The van der Waals surface area contributed by atoms with Gasteiger partial charge in [0.15, 0.2) is 0 Å². The maximum absolute atomic E-state index is 11.9. The third-order valence-electron chi connectivity index (χ3n) is 3.89. The van der Waals surface area contributed by atoms with E-state index in [1.807, 2.05) is 12.1 Å². The van der Waals surface area contributed by atoms with Crippen molar-refractivity contribution in [3.8, 4) is 6.07 Å². The van der Waals surface area contributed by atoms with Crippen LogP contribution in [-0.2, 0) is 16.0 Å². The molecule has 0 fully saturated rings. The monoisotopic (exact) mass is 352 g/mol. The van der Waals surface area contributed by atoms with E-state index >= 15 is 0 Å². The van der Waals surface area contributed by atoms with Gasteiger partial charge in [0.1, 0.15) is 11.9 Å². The van der Waals surface area contributed by atoms with Gasteiger partial charge in [0, 0.05) is 31.8 Å². The van der Waals surface area contributed by atoms with Crippen LogP contribution in [0.5, 0.6) is 0 Å². The van der Waals surface area contributed by atoms with Crippen LogP contribution < -0.4 is 5.32 Å². The summed E-state index contributed by atoms with van der Waals surface area (Å²) < 4.78 is 0. The number of benzene rings is 1. The number of aromatic nitrogens is 2. The Bertz CT molecular complexity index is 770. The second-order valence-corrected chi connectivity index (χ2v) is 5.81. The molecule has 1 amide bonds. The van der Waals surface area contributed by atoms with Crippen molar-refractivity contribution in [2.75, 3.05) is 6.54 Å². The van der Waals surface area contributed by atoms with Gasteiger partial charge in [0.05, 0.1) is 11.5 Å². The predicted octanol–water partition coefficient (Wildman–Crippen LogP) is 2.05. The van der Waals surface area contributed by atoms with Gasteiger partial charge in [-0.05, 0) is 18.4 Å². The number of hydrogen-bond acceptors (Lipinski definition) is 5. The van der Waals surface area contributed by atoms with Gasteiger partial charge < -0.3 is 10.4 Å². The Hall–Kier alpha value is -3.27. The molecule has 134 valence electrons. The SMILES string of the molecule is N#Cc1cnc(CCCCC(=O)NCC(C(=O)O)c2ccccc2)nc1. The summed E-state index contributed by atoms with van der Waals surface area (Å²) in [6.07, 6.45) is 5.28. The molecule has 2 N–H and O–H groups in total. The van der Waals surface area contributed by atoms with Gasteiger partial charge in [-0.25, -0.2) is 9.97 Å². The maximum Gasteiger partial charge on any atom is 0.312 e. The molecule has 0 radical (unpaired) electrons. The van der Waals surface area contributed by atoms with E-state index in [1.165, 1.54) is 12.4 Å². The molecule has 1 aromatic carbocycles. The molecule has 0 aliphatic rings. The summed E-state index contributed by atoms with van der Waals surface area (Å²) in [6.45, 7) is 0.0664. The molecule has 1 atom stereocenters. The number of nitrogens with one attached hydrogen (secondary N) is 1. The topological polar surface area (TPSA) is 116 Å². The van der Waals surface area contributed by atoms with Crippen molar-refractivity contribution in [3.63, 3.8) is 0 Å². The molecule has 0 saturated carbocycles. The van der Waals surface area contributed by atoms with E-state index in [4.69, 9.17) is 5.26 Å². The van der Waals surface area contributed by atoms with Crippen LogP contribution in [0.3, 0.4) is 0 Å². The van der Waals surface area contributed by atoms with Gasteiger partial charge >= 0.3 is 5.97 Å². The number of unbranched alkanes of at least 4 members (excludes halogenated alkanes) is 1. The number of carboxylic acid groups (broad SMARTS) is 1. The molecule has 1 aromatic heterocycles. The van der Waals surface area contributed by atoms with Gasteiger partial charge in [-0.15, -0.1) is 0 Å². The van der Waals surface area contributed by atoms with E-state index < -0.39 is 11.9 Å². The van der Waals surface area contributed by atoms with E-state index in [-0.39, 0.29) is 12.5 Å². The lowest BCUT2D eigenvalue weighted by Crippen LogP contribution is -2.31. The Labute approximate surface area is 151 Å². The largest absolute Gasteiger partial charge is 0.481 e. The molecule has 0 aliphatic heterocycles. The van der Waals surface area contributed by atoms with Crippen molar-refractivity contribution in [2.45, 2.75) is 31.6 Å². The first-order valence-electron chi connectivity index (χ1n) is 8.35. The van der Waals surface area contributed by atoms with Crippen molar-refractivity contribution < 1.29 is 14.7 Å². The fourth-order valence-corrected chi connectivity index (χ4v) is 2.45. The minimum absolute atomic E-state index is 0.0664. The summed E-state index contributed by atoms with van der Waals surface area (Å²) in [6, 6.07) is 10.8. The van der Waals surface area contributed by atoms with Gasteiger partial charge in [-0.3, -0.25) is 9.59 Å². The van der Waals surface area contributed by atoms with Crippen LogP contribution in [0, 0.1) is 11.3 Å². The summed E-state index contributed by atoms with van der Waals surface area (Å²) in [5.41, 5.74) is 1.08. The molecule has 0 saturated heterocycles. The molecule has 2 rings (SSSR count). The molecular formula is C19H20N4O3. The first-order chi connectivity index (χ1) is 12.6. The molecule has 1 heterocycles. The number of nitriles is 1. The lowest BCUT2D eigenvalue weighted by atomic mass is 9.99. The van der Waals surface area contributed by atoms with Crippen LogP contribution in [0.25, 0.3) is 0 Å². The van der Waals surface area contributed by atoms with Crippen LogP contribution in [0.1, 0.15) is 42.1 Å². The van der Waals surface area contributed by atoms with Crippen LogP contribution in [0.4, 0.5) is 0 Å². The number of hydrogen-bond donors (Lipinski definition) is 2. The van der Waals surface area contributed by atoms with Crippen LogP contribution >= 0.6 is 0 Å². The Balaban J connectivity index is 1.71. The Morgan fingerprint density at radius 3 is 2.46 bits per heavy atom. The third-order valence-corrected chi connectivity index (χ3v) is 3.89. The quantitative estimate of drug-likeness (QED) is 0.667. The lowest BCUT2D eigenvalue weighted by Gasteiger charge is -2.13. The number of aliphatic carboxylic acids is 1. The van der Waals surface area contributed by atoms with E-state index in [0.29, 0.717) is 36.2 Å². The van der Waals surface area contributed by atoms with E-state index in [2.05, 4.69) is 15.3 Å². The summed E-state index contributed by atoms with van der Waals surface area (Å²) >= 11 is 0. The minimum atomic E-state index is -0.963. The lowest BCUT2D eigenvalue weighted by molar-refractivity contribution is -0.138. The van der Waals surface area contributed by atoms with Gasteiger partial charge in [-0.2, -0.15) is 5.26 Å². The fourth-order valence-electron chi connectivity index (χ4n) is 2.45. The molecule has 7 heteroatoms. The second kappa shape index (κ2) is 9.89. The van der Waals surface area contributed by atoms with E-state index in [1.54, 1.807) is 24.3 Å². The zero-order chi connectivity index (χ0) is 18.8. The summed E-state index contributed by atoms with van der Waals surface area (Å²) in [5.74, 6) is -1.26. The highest BCUT2D eigenvalue weighted by Gasteiger charge is 2.20. The van der Waals surface area contributed by atoms with Gasteiger partial charge in [-0.1, -0.05) is 30.3 Å². The highest BCUT2D eigenvalue weighted by molar-refractivity contribution is 5.79. The van der Waals surface area contributed by atoms with Gasteiger partial charge in [0.25, 0.3) is 0 Å². The van der Waals surface area contributed by atoms with E-state index in [9.17, 15) is 14.7 Å². The number of nitrogens with zero attached hydrogens (tertiary/aromatic N) is 3.